The lowest BCUT2D eigenvalue weighted by atomic mass is 10.1. The van der Waals surface area contributed by atoms with Crippen LogP contribution in [0, 0.1) is 0 Å². The van der Waals surface area contributed by atoms with Crippen LogP contribution in [0.4, 0.5) is 0 Å². The number of hydrogen-bond donors (Lipinski definition) is 1. The van der Waals surface area contributed by atoms with E-state index in [1.54, 1.807) is 12.1 Å². The van der Waals surface area contributed by atoms with Crippen molar-refractivity contribution in [2.24, 2.45) is 0 Å². The van der Waals surface area contributed by atoms with Crippen molar-refractivity contribution < 1.29 is 14.6 Å². The van der Waals surface area contributed by atoms with Gasteiger partial charge in [-0.15, -0.1) is 0 Å². The van der Waals surface area contributed by atoms with E-state index < -0.39 is 5.97 Å². The lowest BCUT2D eigenvalue weighted by Crippen LogP contribution is -2.04. The summed E-state index contributed by atoms with van der Waals surface area (Å²) >= 11 is 5.86. The van der Waals surface area contributed by atoms with Crippen molar-refractivity contribution in [3.63, 3.8) is 0 Å². The van der Waals surface area contributed by atoms with Gasteiger partial charge >= 0.3 is 5.97 Å². The van der Waals surface area contributed by atoms with Gasteiger partial charge in [0, 0.05) is 5.02 Å². The molecule has 0 unspecified atom stereocenters. The van der Waals surface area contributed by atoms with Crippen LogP contribution in [0.5, 0.6) is 5.75 Å². The number of carboxylic acids is 1. The van der Waals surface area contributed by atoms with Crippen LogP contribution in [-0.4, -0.2) is 17.7 Å². The van der Waals surface area contributed by atoms with Crippen molar-refractivity contribution in [2.75, 3.05) is 6.61 Å². The first kappa shape index (κ1) is 16.8. The van der Waals surface area contributed by atoms with E-state index >= 15 is 0 Å². The molecule has 0 aliphatic heterocycles. The summed E-state index contributed by atoms with van der Waals surface area (Å²) in [7, 11) is 0. The van der Waals surface area contributed by atoms with Gasteiger partial charge in [0.15, 0.2) is 0 Å². The lowest BCUT2D eigenvalue weighted by molar-refractivity contribution is 0.0692. The third kappa shape index (κ3) is 6.29. The van der Waals surface area contributed by atoms with Gasteiger partial charge in [-0.05, 0) is 24.6 Å². The van der Waals surface area contributed by atoms with Crippen LogP contribution in [0.3, 0.4) is 0 Å². The van der Waals surface area contributed by atoms with Crippen LogP contribution in [-0.2, 0) is 0 Å². The van der Waals surface area contributed by atoms with Crippen LogP contribution >= 0.6 is 11.6 Å². The Hall–Kier alpha value is -1.22. The second-order valence-corrected chi connectivity index (χ2v) is 5.35. The molecule has 0 amide bonds. The van der Waals surface area contributed by atoms with Gasteiger partial charge in [-0.3, -0.25) is 0 Å². The van der Waals surface area contributed by atoms with Gasteiger partial charge in [0.2, 0.25) is 0 Å². The molecule has 3 nitrogen and oxygen atoms in total. The first-order valence-corrected chi connectivity index (χ1v) is 7.68. The molecule has 0 bridgehead atoms. The molecule has 0 aromatic heterocycles. The normalized spacial score (nSPS) is 10.5. The SMILES string of the molecule is CCCCCCCCCOc1cc(Cl)ccc1C(=O)O. The van der Waals surface area contributed by atoms with E-state index in [2.05, 4.69) is 6.92 Å². The fraction of sp³-hybridized carbons (Fsp3) is 0.562. The maximum Gasteiger partial charge on any atom is 0.339 e. The number of aromatic carboxylic acids is 1. The molecule has 0 heterocycles. The maximum atomic E-state index is 11.0. The molecule has 0 spiro atoms. The highest BCUT2D eigenvalue weighted by atomic mass is 35.5. The molecular formula is C16H23ClO3. The maximum absolute atomic E-state index is 11.0. The first-order valence-electron chi connectivity index (χ1n) is 7.30. The smallest absolute Gasteiger partial charge is 0.339 e. The van der Waals surface area contributed by atoms with Gasteiger partial charge in [-0.2, -0.15) is 0 Å². The summed E-state index contributed by atoms with van der Waals surface area (Å²) in [5.74, 6) is -0.632. The van der Waals surface area contributed by atoms with Crippen molar-refractivity contribution in [1.29, 1.82) is 0 Å². The van der Waals surface area contributed by atoms with Crippen LogP contribution in [0.15, 0.2) is 18.2 Å². The van der Waals surface area contributed by atoms with E-state index in [1.165, 1.54) is 38.2 Å². The number of unbranched alkanes of at least 4 members (excludes halogenated alkanes) is 6. The fourth-order valence-electron chi connectivity index (χ4n) is 2.03. The van der Waals surface area contributed by atoms with E-state index in [0.29, 0.717) is 17.4 Å². The number of benzene rings is 1. The first-order chi connectivity index (χ1) is 9.65. The molecule has 0 saturated carbocycles. The van der Waals surface area contributed by atoms with E-state index in [0.717, 1.165) is 12.8 Å². The molecular weight excluding hydrogens is 276 g/mol. The summed E-state index contributed by atoms with van der Waals surface area (Å²) in [4.78, 5) is 11.0. The fourth-order valence-corrected chi connectivity index (χ4v) is 2.20. The molecule has 0 aliphatic rings. The number of ether oxygens (including phenoxy) is 1. The number of carboxylic acid groups (broad SMARTS) is 1. The average Bonchev–Trinajstić information content (AvgIpc) is 2.41. The zero-order valence-corrected chi connectivity index (χ0v) is 12.8. The number of halogens is 1. The predicted octanol–water partition coefficient (Wildman–Crippen LogP) is 5.17. The van der Waals surface area contributed by atoms with Crippen molar-refractivity contribution >= 4 is 17.6 Å². The highest BCUT2D eigenvalue weighted by Crippen LogP contribution is 2.23. The third-order valence-electron chi connectivity index (χ3n) is 3.18. The Bertz CT molecular complexity index is 418. The molecule has 1 aromatic rings. The van der Waals surface area contributed by atoms with Gasteiger partial charge in [0.25, 0.3) is 0 Å². The van der Waals surface area contributed by atoms with Crippen LogP contribution in [0.25, 0.3) is 0 Å². The molecule has 0 radical (unpaired) electrons. The van der Waals surface area contributed by atoms with E-state index in [1.807, 2.05) is 0 Å². The summed E-state index contributed by atoms with van der Waals surface area (Å²) in [5, 5.41) is 9.55. The highest BCUT2D eigenvalue weighted by molar-refractivity contribution is 6.30. The molecule has 4 heteroatoms. The monoisotopic (exact) mass is 298 g/mol. The minimum atomic E-state index is -0.990. The largest absolute Gasteiger partial charge is 0.493 e. The third-order valence-corrected chi connectivity index (χ3v) is 3.41. The molecule has 1 N–H and O–H groups in total. The van der Waals surface area contributed by atoms with Crippen molar-refractivity contribution in [2.45, 2.75) is 51.9 Å². The van der Waals surface area contributed by atoms with E-state index in [4.69, 9.17) is 21.4 Å². The molecule has 0 atom stereocenters. The second kappa shape index (κ2) is 9.65. The Labute approximate surface area is 125 Å². The van der Waals surface area contributed by atoms with Gasteiger partial charge in [-0.25, -0.2) is 4.79 Å². The summed E-state index contributed by atoms with van der Waals surface area (Å²) in [6, 6.07) is 4.60. The minimum Gasteiger partial charge on any atom is -0.493 e. The lowest BCUT2D eigenvalue weighted by Gasteiger charge is -2.09. The van der Waals surface area contributed by atoms with Crippen molar-refractivity contribution in [3.05, 3.63) is 28.8 Å². The molecule has 0 saturated heterocycles. The Morgan fingerprint density at radius 2 is 1.80 bits per heavy atom. The van der Waals surface area contributed by atoms with Crippen LogP contribution in [0.2, 0.25) is 5.02 Å². The highest BCUT2D eigenvalue weighted by Gasteiger charge is 2.11. The quantitative estimate of drug-likeness (QED) is 0.606. The average molecular weight is 299 g/mol. The molecule has 20 heavy (non-hydrogen) atoms. The summed E-state index contributed by atoms with van der Waals surface area (Å²) in [6.07, 6.45) is 8.41. The molecule has 1 aromatic carbocycles. The van der Waals surface area contributed by atoms with Crippen molar-refractivity contribution in [3.8, 4) is 5.75 Å². The molecule has 0 fully saturated rings. The standard InChI is InChI=1S/C16H23ClO3/c1-2-3-4-5-6-7-8-11-20-15-12-13(17)9-10-14(15)16(18)19/h9-10,12H,2-8,11H2,1H3,(H,18,19). The minimum absolute atomic E-state index is 0.164. The van der Waals surface area contributed by atoms with E-state index in [-0.39, 0.29) is 5.56 Å². The van der Waals surface area contributed by atoms with Crippen LogP contribution in [0.1, 0.15) is 62.2 Å². The number of hydrogen-bond acceptors (Lipinski definition) is 2. The van der Waals surface area contributed by atoms with Gasteiger partial charge < -0.3 is 9.84 Å². The van der Waals surface area contributed by atoms with Gasteiger partial charge in [0.05, 0.1) is 6.61 Å². The topological polar surface area (TPSA) is 46.5 Å². The zero-order valence-electron chi connectivity index (χ0n) is 12.0. The Morgan fingerprint density at radius 1 is 1.15 bits per heavy atom. The van der Waals surface area contributed by atoms with Crippen molar-refractivity contribution in [1.82, 2.24) is 0 Å². The molecule has 112 valence electrons. The Kier molecular flexibility index (Phi) is 8.12. The molecule has 1 rings (SSSR count). The summed E-state index contributed by atoms with van der Waals surface area (Å²) < 4.78 is 5.54. The van der Waals surface area contributed by atoms with Crippen LogP contribution < -0.4 is 4.74 Å². The summed E-state index contributed by atoms with van der Waals surface area (Å²) in [5.41, 5.74) is 0.164. The van der Waals surface area contributed by atoms with E-state index in [9.17, 15) is 4.79 Å². The zero-order chi connectivity index (χ0) is 14.8. The van der Waals surface area contributed by atoms with Gasteiger partial charge in [0.1, 0.15) is 11.3 Å². The predicted molar refractivity (Wildman–Crippen MR) is 81.9 cm³/mol. The Balaban J connectivity index is 2.28. The number of rotatable bonds is 10. The van der Waals surface area contributed by atoms with Gasteiger partial charge in [-0.1, -0.05) is 57.0 Å². The Morgan fingerprint density at radius 3 is 2.45 bits per heavy atom. The second-order valence-electron chi connectivity index (χ2n) is 4.92. The molecule has 0 aliphatic carbocycles. The summed E-state index contributed by atoms with van der Waals surface area (Å²) in [6.45, 7) is 2.74. The number of carbonyl (C=O) groups is 1.